The topological polar surface area (TPSA) is 234 Å². The summed E-state index contributed by atoms with van der Waals surface area (Å²) < 4.78 is 70.4. The highest BCUT2D eigenvalue weighted by Gasteiger charge is 2.58. The van der Waals surface area contributed by atoms with Gasteiger partial charge in [-0.25, -0.2) is 0 Å². The molecular formula is C37H49F2NO14P2. The number of aliphatic hydroxyl groups is 1. The number of unbranched alkanes of at least 4 members (excludes halogenated alkanes) is 4. The Balaban J connectivity index is 1.63. The SMILES string of the molecule is CCOC(=O)CCCCCCN1C(=O)CC[C@@H]1/C=C/[C@@H](OC(=O)Cc1cccc(OC(=O)CCCCC(O)(P(=O)(O)O)P(=O)(O)O)c1)C(F)(F)c1ccccc1. The summed E-state index contributed by atoms with van der Waals surface area (Å²) in [6, 6.07) is 11.9. The number of hydrogen-bond acceptors (Lipinski definition) is 10. The van der Waals surface area contributed by atoms with Crippen molar-refractivity contribution in [2.45, 2.75) is 107 Å². The third-order valence-corrected chi connectivity index (χ3v) is 12.9. The summed E-state index contributed by atoms with van der Waals surface area (Å²) in [5.41, 5.74) is -0.152. The highest BCUT2D eigenvalue weighted by molar-refractivity contribution is 7.72. The Morgan fingerprint density at radius 3 is 2.20 bits per heavy atom. The van der Waals surface area contributed by atoms with E-state index < -0.39 is 68.7 Å². The molecule has 0 saturated carbocycles. The molecule has 0 bridgehead atoms. The van der Waals surface area contributed by atoms with Crippen molar-refractivity contribution in [3.63, 3.8) is 0 Å². The monoisotopic (exact) mass is 831 g/mol. The molecule has 310 valence electrons. The number of ether oxygens (including phenoxy) is 3. The fourth-order valence-corrected chi connectivity index (χ4v) is 8.27. The predicted molar refractivity (Wildman–Crippen MR) is 197 cm³/mol. The number of esters is 3. The summed E-state index contributed by atoms with van der Waals surface area (Å²) in [4.78, 5) is 88.3. The Hall–Kier alpha value is -3.82. The first-order valence-corrected chi connectivity index (χ1v) is 21.4. The Morgan fingerprint density at radius 1 is 0.893 bits per heavy atom. The van der Waals surface area contributed by atoms with E-state index in [1.54, 1.807) is 17.9 Å². The maximum atomic E-state index is 15.9. The number of nitrogens with zero attached hydrogens (tertiary/aromatic N) is 1. The first kappa shape index (κ1) is 46.6. The molecule has 0 radical (unpaired) electrons. The number of benzene rings is 2. The van der Waals surface area contributed by atoms with Crippen LogP contribution < -0.4 is 4.74 Å². The first-order chi connectivity index (χ1) is 26.3. The van der Waals surface area contributed by atoms with Crippen LogP contribution in [-0.2, 0) is 50.1 Å². The van der Waals surface area contributed by atoms with Crippen molar-refractivity contribution in [2.24, 2.45) is 0 Å². The normalized spacial score (nSPS) is 15.9. The van der Waals surface area contributed by atoms with E-state index in [-0.39, 0.29) is 48.9 Å². The number of alkyl halides is 2. The quantitative estimate of drug-likeness (QED) is 0.0308. The van der Waals surface area contributed by atoms with Crippen LogP contribution in [0.15, 0.2) is 66.7 Å². The predicted octanol–water partition coefficient (Wildman–Crippen LogP) is 5.46. The highest BCUT2D eigenvalue weighted by atomic mass is 31.2. The molecule has 0 unspecified atom stereocenters. The molecule has 5 N–H and O–H groups in total. The smallest absolute Gasteiger partial charge is 0.369 e. The molecule has 1 heterocycles. The number of hydrogen-bond donors (Lipinski definition) is 5. The van der Waals surface area contributed by atoms with Crippen molar-refractivity contribution in [2.75, 3.05) is 13.2 Å². The zero-order valence-electron chi connectivity index (χ0n) is 30.9. The third kappa shape index (κ3) is 13.7. The van der Waals surface area contributed by atoms with Crippen LogP contribution in [0.3, 0.4) is 0 Å². The molecule has 1 fully saturated rings. The van der Waals surface area contributed by atoms with Crippen LogP contribution in [0.25, 0.3) is 0 Å². The highest BCUT2D eigenvalue weighted by Crippen LogP contribution is 2.69. The van der Waals surface area contributed by atoms with E-state index in [0.717, 1.165) is 18.9 Å². The van der Waals surface area contributed by atoms with Gasteiger partial charge < -0.3 is 43.8 Å². The summed E-state index contributed by atoms with van der Waals surface area (Å²) in [6.07, 6.45) is 1.87. The van der Waals surface area contributed by atoms with Gasteiger partial charge in [0.25, 0.3) is 5.08 Å². The average Bonchev–Trinajstić information content (AvgIpc) is 3.47. The van der Waals surface area contributed by atoms with Crippen molar-refractivity contribution < 1.29 is 76.0 Å². The van der Waals surface area contributed by atoms with E-state index in [0.29, 0.717) is 38.8 Å². The molecule has 3 rings (SSSR count). The van der Waals surface area contributed by atoms with Crippen LogP contribution in [-0.4, -0.2) is 83.8 Å². The van der Waals surface area contributed by atoms with Gasteiger partial charge in [0.15, 0.2) is 6.10 Å². The van der Waals surface area contributed by atoms with Crippen LogP contribution in [0.4, 0.5) is 8.78 Å². The van der Waals surface area contributed by atoms with E-state index in [9.17, 15) is 53.0 Å². The van der Waals surface area contributed by atoms with Crippen molar-refractivity contribution >= 4 is 39.0 Å². The second-order valence-electron chi connectivity index (χ2n) is 13.3. The van der Waals surface area contributed by atoms with E-state index in [1.807, 2.05) is 0 Å². The standard InChI is InChI=1S/C37H49F2NO14P2/c1-2-52-33(42)17-8-3-4-11-24-40-29(20-22-32(40)41)19-21-31(37(38,39)28-14-6-5-7-15-28)54-35(44)26-27-13-12-16-30(25-27)53-34(43)18-9-10-23-36(45,55(46,47)48)56(49,50)51/h5-7,12-16,19,21,25,29,31,45H,2-4,8-11,17-18,20,22-24,26H2,1H3,(H2,46,47,48)(H2,49,50,51)/b21-19+/t29-,31+/m0/s1. The number of amides is 1. The van der Waals surface area contributed by atoms with Gasteiger partial charge in [-0.2, -0.15) is 8.78 Å². The lowest BCUT2D eigenvalue weighted by atomic mass is 10.0. The Bertz CT molecular complexity index is 1740. The molecule has 2 aromatic rings. The van der Waals surface area contributed by atoms with E-state index in [2.05, 4.69) is 0 Å². The van der Waals surface area contributed by atoms with Gasteiger partial charge in [-0.3, -0.25) is 28.3 Å². The second kappa shape index (κ2) is 21.1. The lowest BCUT2D eigenvalue weighted by Crippen LogP contribution is -2.36. The van der Waals surface area contributed by atoms with E-state index >= 15 is 8.78 Å². The van der Waals surface area contributed by atoms with Crippen molar-refractivity contribution in [1.29, 1.82) is 0 Å². The van der Waals surface area contributed by atoms with Crippen LogP contribution in [0.1, 0.15) is 88.7 Å². The third-order valence-electron chi connectivity index (χ3n) is 9.05. The van der Waals surface area contributed by atoms with Gasteiger partial charge in [-0.15, -0.1) is 0 Å². The number of carbonyl (C=O) groups excluding carboxylic acids is 4. The summed E-state index contributed by atoms with van der Waals surface area (Å²) in [5.74, 6) is -5.95. The summed E-state index contributed by atoms with van der Waals surface area (Å²) in [6.45, 7) is 2.45. The fourth-order valence-electron chi connectivity index (χ4n) is 6.02. The van der Waals surface area contributed by atoms with Gasteiger partial charge in [-0.05, 0) is 69.2 Å². The molecule has 19 heteroatoms. The maximum Gasteiger partial charge on any atom is 0.369 e. The van der Waals surface area contributed by atoms with Crippen molar-refractivity contribution in [1.82, 2.24) is 4.90 Å². The fraction of sp³-hybridized carbons (Fsp3) is 0.514. The minimum Gasteiger partial charge on any atom is -0.466 e. The molecule has 15 nitrogen and oxygen atoms in total. The van der Waals surface area contributed by atoms with Gasteiger partial charge in [0.05, 0.1) is 19.1 Å². The number of halogens is 2. The molecule has 1 amide bonds. The zero-order chi connectivity index (χ0) is 41.6. The molecule has 1 saturated heterocycles. The average molecular weight is 832 g/mol. The van der Waals surface area contributed by atoms with Gasteiger partial charge in [0.1, 0.15) is 5.75 Å². The van der Waals surface area contributed by atoms with Gasteiger partial charge in [0, 0.05) is 31.4 Å². The Kier molecular flexibility index (Phi) is 17.5. The molecule has 2 atom stereocenters. The van der Waals surface area contributed by atoms with Gasteiger partial charge in [0.2, 0.25) is 5.91 Å². The van der Waals surface area contributed by atoms with Gasteiger partial charge in [-0.1, -0.05) is 61.4 Å². The molecule has 0 aromatic heterocycles. The largest absolute Gasteiger partial charge is 0.466 e. The van der Waals surface area contributed by atoms with E-state index in [4.69, 9.17) is 14.2 Å². The maximum absolute atomic E-state index is 15.9. The zero-order valence-corrected chi connectivity index (χ0v) is 32.7. The summed E-state index contributed by atoms with van der Waals surface area (Å²) >= 11 is 0. The second-order valence-corrected chi connectivity index (χ2v) is 17.3. The minimum atomic E-state index is -5.64. The van der Waals surface area contributed by atoms with Crippen molar-refractivity contribution in [3.8, 4) is 5.75 Å². The van der Waals surface area contributed by atoms with Crippen molar-refractivity contribution in [3.05, 3.63) is 77.9 Å². The molecule has 0 aliphatic carbocycles. The summed E-state index contributed by atoms with van der Waals surface area (Å²) in [5, 5.41) is 6.37. The summed E-state index contributed by atoms with van der Waals surface area (Å²) in [7, 11) is -11.3. The minimum absolute atomic E-state index is 0.0294. The van der Waals surface area contributed by atoms with Crippen LogP contribution >= 0.6 is 15.2 Å². The Labute approximate surface area is 323 Å². The molecule has 1 aliphatic heterocycles. The van der Waals surface area contributed by atoms with E-state index in [1.165, 1.54) is 54.6 Å². The molecular weight excluding hydrogens is 782 g/mol. The molecule has 0 spiro atoms. The molecule has 2 aromatic carbocycles. The first-order valence-electron chi connectivity index (χ1n) is 18.2. The lowest BCUT2D eigenvalue weighted by molar-refractivity contribution is -0.167. The van der Waals surface area contributed by atoms with Crippen LogP contribution in [0.5, 0.6) is 5.75 Å². The van der Waals surface area contributed by atoms with Crippen LogP contribution in [0.2, 0.25) is 0 Å². The van der Waals surface area contributed by atoms with Gasteiger partial charge >= 0.3 is 39.0 Å². The Morgan fingerprint density at radius 2 is 1.54 bits per heavy atom. The number of rotatable bonds is 23. The van der Waals surface area contributed by atoms with Crippen LogP contribution in [0, 0.1) is 0 Å². The molecule has 56 heavy (non-hydrogen) atoms. The molecule has 1 aliphatic rings. The number of likely N-dealkylation sites (tertiary alicyclic amines) is 1. The number of carbonyl (C=O) groups is 4. The lowest BCUT2D eigenvalue weighted by Gasteiger charge is -2.29.